The summed E-state index contributed by atoms with van der Waals surface area (Å²) in [5, 5.41) is 4.69. The molecule has 0 bridgehead atoms. The summed E-state index contributed by atoms with van der Waals surface area (Å²) in [6.45, 7) is 3.95. The van der Waals surface area contributed by atoms with Gasteiger partial charge in [-0.1, -0.05) is 29.8 Å². The second-order valence-corrected chi connectivity index (χ2v) is 11.3. The first-order valence-corrected chi connectivity index (χ1v) is 13.6. The molecule has 5 rings (SSSR count). The number of nitrogens with zero attached hydrogens (tertiary/aromatic N) is 4. The van der Waals surface area contributed by atoms with Gasteiger partial charge in [-0.25, -0.2) is 13.2 Å². The molecule has 2 unspecified atom stereocenters. The third-order valence-electron chi connectivity index (χ3n) is 6.24. The van der Waals surface area contributed by atoms with E-state index in [4.69, 9.17) is 16.3 Å². The number of ether oxygens (including phenoxy) is 1. The van der Waals surface area contributed by atoms with Crippen molar-refractivity contribution in [3.63, 3.8) is 0 Å². The maximum atomic E-state index is 12.9. The second-order valence-electron chi connectivity index (χ2n) is 9.13. The zero-order chi connectivity index (χ0) is 24.6. The molecule has 2 aliphatic rings. The second kappa shape index (κ2) is 9.52. The first-order valence-electron chi connectivity index (χ1n) is 11.3. The highest BCUT2D eigenvalue weighted by Gasteiger charge is 2.42. The van der Waals surface area contributed by atoms with Crippen LogP contribution < -0.4 is 9.46 Å². The summed E-state index contributed by atoms with van der Waals surface area (Å²) < 4.78 is 32.2. The first-order chi connectivity index (χ1) is 16.7. The fraction of sp³-hybridized carbons (Fsp3) is 0.333. The average Bonchev–Trinajstić information content (AvgIpc) is 3.48. The van der Waals surface area contributed by atoms with Crippen LogP contribution in [0.4, 0.5) is 10.6 Å². The standard InChI is InChI=1S/C24H26ClN5O4S/c1-35(32,33)27-23-8-9-30(26-23)24(31)29-15-18-13-28(14-19(18)16-29)12-17-4-2-6-21(10-17)34-22-7-3-5-20(25)11-22/h2-11,18-19H,12-16H2,1H3,(H,26,27). The summed E-state index contributed by atoms with van der Waals surface area (Å²) in [5.74, 6) is 2.40. The van der Waals surface area contributed by atoms with Gasteiger partial charge in [0.15, 0.2) is 5.82 Å². The van der Waals surface area contributed by atoms with Gasteiger partial charge in [0.2, 0.25) is 10.0 Å². The maximum Gasteiger partial charge on any atom is 0.344 e. The number of anilines is 1. The number of hydrogen-bond donors (Lipinski definition) is 1. The highest BCUT2D eigenvalue weighted by molar-refractivity contribution is 7.92. The molecule has 9 nitrogen and oxygen atoms in total. The number of sulfonamides is 1. The number of rotatable bonds is 6. The van der Waals surface area contributed by atoms with Crippen LogP contribution in [0.2, 0.25) is 5.02 Å². The van der Waals surface area contributed by atoms with Gasteiger partial charge in [0.05, 0.1) is 6.26 Å². The van der Waals surface area contributed by atoms with E-state index in [0.29, 0.717) is 35.7 Å². The summed E-state index contributed by atoms with van der Waals surface area (Å²) in [6.07, 6.45) is 2.53. The van der Waals surface area contributed by atoms with Gasteiger partial charge >= 0.3 is 6.03 Å². The monoisotopic (exact) mass is 515 g/mol. The van der Waals surface area contributed by atoms with Crippen LogP contribution in [0.3, 0.4) is 0 Å². The summed E-state index contributed by atoms with van der Waals surface area (Å²) in [5.41, 5.74) is 1.17. The smallest absolute Gasteiger partial charge is 0.344 e. The Morgan fingerprint density at radius 1 is 1.06 bits per heavy atom. The molecule has 0 spiro atoms. The predicted molar refractivity (Wildman–Crippen MR) is 133 cm³/mol. The van der Waals surface area contributed by atoms with Crippen LogP contribution in [0, 0.1) is 11.8 Å². The Labute approximate surface area is 209 Å². The number of benzene rings is 2. The van der Waals surface area contributed by atoms with Crippen molar-refractivity contribution in [3.05, 3.63) is 71.4 Å². The molecule has 11 heteroatoms. The fourth-order valence-corrected chi connectivity index (χ4v) is 5.50. The summed E-state index contributed by atoms with van der Waals surface area (Å²) in [7, 11) is -3.44. The van der Waals surface area contributed by atoms with E-state index in [0.717, 1.165) is 31.6 Å². The summed E-state index contributed by atoms with van der Waals surface area (Å²) in [6, 6.07) is 16.6. The lowest BCUT2D eigenvalue weighted by molar-refractivity contribution is 0.197. The van der Waals surface area contributed by atoms with Crippen molar-refractivity contribution in [2.75, 3.05) is 37.2 Å². The number of carbonyl (C=O) groups is 1. The van der Waals surface area contributed by atoms with Crippen molar-refractivity contribution in [2.45, 2.75) is 6.54 Å². The van der Waals surface area contributed by atoms with Gasteiger partial charge < -0.3 is 9.64 Å². The van der Waals surface area contributed by atoms with Gasteiger partial charge in [-0.15, -0.1) is 5.10 Å². The molecule has 0 aliphatic carbocycles. The normalized spacial score (nSPS) is 20.1. The Bertz CT molecular complexity index is 1330. The molecule has 3 heterocycles. The molecule has 2 atom stereocenters. The van der Waals surface area contributed by atoms with E-state index in [1.54, 1.807) is 11.0 Å². The van der Waals surface area contributed by atoms with Crippen molar-refractivity contribution >= 4 is 33.5 Å². The van der Waals surface area contributed by atoms with Crippen LogP contribution in [-0.4, -0.2) is 66.5 Å². The lowest BCUT2D eigenvalue weighted by Crippen LogP contribution is -2.36. The molecule has 2 aromatic carbocycles. The SMILES string of the molecule is CS(=O)(=O)Nc1ccn(C(=O)N2CC3CN(Cc4cccc(Oc5cccc(Cl)c5)c4)CC3C2)n1. The number of likely N-dealkylation sites (tertiary alicyclic amines) is 2. The van der Waals surface area contributed by atoms with Crippen LogP contribution in [0.25, 0.3) is 0 Å². The number of halogens is 1. The number of aromatic nitrogens is 2. The van der Waals surface area contributed by atoms with Crippen LogP contribution in [0.1, 0.15) is 5.56 Å². The zero-order valence-electron chi connectivity index (χ0n) is 19.2. The van der Waals surface area contributed by atoms with Gasteiger partial charge in [0, 0.05) is 50.0 Å². The van der Waals surface area contributed by atoms with Crippen molar-refractivity contribution in [1.82, 2.24) is 19.6 Å². The van der Waals surface area contributed by atoms with Crippen molar-refractivity contribution in [3.8, 4) is 11.5 Å². The van der Waals surface area contributed by atoms with Crippen molar-refractivity contribution < 1.29 is 17.9 Å². The maximum absolute atomic E-state index is 12.9. The van der Waals surface area contributed by atoms with E-state index in [2.05, 4.69) is 20.8 Å². The topological polar surface area (TPSA) is 96.8 Å². The molecule has 2 saturated heterocycles. The number of hydrogen-bond acceptors (Lipinski definition) is 6. The molecule has 184 valence electrons. The molecule has 0 radical (unpaired) electrons. The molecule has 3 aromatic rings. The Hall–Kier alpha value is -3.08. The van der Waals surface area contributed by atoms with E-state index < -0.39 is 10.0 Å². The molecular weight excluding hydrogens is 490 g/mol. The molecule has 1 amide bonds. The van der Waals surface area contributed by atoms with Gasteiger partial charge in [-0.3, -0.25) is 9.62 Å². The van der Waals surface area contributed by atoms with Crippen LogP contribution in [0.15, 0.2) is 60.8 Å². The molecule has 2 aliphatic heterocycles. The summed E-state index contributed by atoms with van der Waals surface area (Å²) >= 11 is 6.05. The number of carbonyl (C=O) groups excluding carboxylic acids is 1. The van der Waals surface area contributed by atoms with Crippen LogP contribution in [0.5, 0.6) is 11.5 Å². The van der Waals surface area contributed by atoms with Crippen LogP contribution in [-0.2, 0) is 16.6 Å². The van der Waals surface area contributed by atoms with E-state index in [9.17, 15) is 13.2 Å². The van der Waals surface area contributed by atoms with Gasteiger partial charge in [-0.2, -0.15) is 4.68 Å². The molecule has 1 aromatic heterocycles. The van der Waals surface area contributed by atoms with Crippen LogP contribution >= 0.6 is 11.6 Å². The van der Waals surface area contributed by atoms with Gasteiger partial charge in [0.25, 0.3) is 0 Å². The molecule has 0 saturated carbocycles. The van der Waals surface area contributed by atoms with Gasteiger partial charge in [-0.05, 0) is 47.7 Å². The molecular formula is C24H26ClN5O4S. The molecule has 1 N–H and O–H groups in total. The quantitative estimate of drug-likeness (QED) is 0.537. The minimum atomic E-state index is -3.44. The molecule has 2 fully saturated rings. The van der Waals surface area contributed by atoms with Gasteiger partial charge in [0.1, 0.15) is 11.5 Å². The Balaban J connectivity index is 1.15. The summed E-state index contributed by atoms with van der Waals surface area (Å²) in [4.78, 5) is 17.1. The highest BCUT2D eigenvalue weighted by Crippen LogP contribution is 2.33. The van der Waals surface area contributed by atoms with E-state index >= 15 is 0 Å². The number of nitrogens with one attached hydrogen (secondary N) is 1. The minimum absolute atomic E-state index is 0.132. The zero-order valence-corrected chi connectivity index (χ0v) is 20.7. The third-order valence-corrected chi connectivity index (χ3v) is 7.06. The first kappa shape index (κ1) is 23.7. The van der Waals surface area contributed by atoms with E-state index in [-0.39, 0.29) is 11.8 Å². The van der Waals surface area contributed by atoms with E-state index in [1.165, 1.54) is 22.5 Å². The Morgan fingerprint density at radius 3 is 2.43 bits per heavy atom. The highest BCUT2D eigenvalue weighted by atomic mass is 35.5. The average molecular weight is 516 g/mol. The lowest BCUT2D eigenvalue weighted by Gasteiger charge is -2.21. The largest absolute Gasteiger partial charge is 0.457 e. The number of fused-ring (bicyclic) bond motifs is 1. The third kappa shape index (κ3) is 5.77. The van der Waals surface area contributed by atoms with Crippen molar-refractivity contribution in [2.24, 2.45) is 11.8 Å². The Kier molecular flexibility index (Phi) is 6.43. The Morgan fingerprint density at radius 2 is 1.74 bits per heavy atom. The fourth-order valence-electron chi connectivity index (χ4n) is 4.83. The predicted octanol–water partition coefficient (Wildman–Crippen LogP) is 3.73. The van der Waals surface area contributed by atoms with E-state index in [1.807, 2.05) is 36.4 Å². The van der Waals surface area contributed by atoms with Crippen molar-refractivity contribution in [1.29, 1.82) is 0 Å². The lowest BCUT2D eigenvalue weighted by atomic mass is 10.0. The minimum Gasteiger partial charge on any atom is -0.457 e. The number of amides is 1. The molecule has 35 heavy (non-hydrogen) atoms.